The Kier molecular flexibility index (Phi) is 22.1. The van der Waals surface area contributed by atoms with E-state index in [4.69, 9.17) is 38.6 Å². The van der Waals surface area contributed by atoms with E-state index in [0.717, 1.165) is 38.5 Å². The lowest BCUT2D eigenvalue weighted by atomic mass is 10.1. The Balaban J connectivity index is 2.08. The Morgan fingerprint density at radius 3 is 1.65 bits per heavy atom. The van der Waals surface area contributed by atoms with E-state index in [9.17, 15) is 10.2 Å². The molecule has 218 valence electrons. The van der Waals surface area contributed by atoms with Gasteiger partial charge in [-0.3, -0.25) is 0 Å². The van der Waals surface area contributed by atoms with Crippen LogP contribution in [0, 0.1) is 0 Å². The summed E-state index contributed by atoms with van der Waals surface area (Å²) >= 11 is 10.7. The predicted molar refractivity (Wildman–Crippen MR) is 161 cm³/mol. The summed E-state index contributed by atoms with van der Waals surface area (Å²) in [6.07, 6.45) is 21.0. The molecule has 0 unspecified atom stereocenters. The van der Waals surface area contributed by atoms with E-state index in [0.29, 0.717) is 10.1 Å². The van der Waals surface area contributed by atoms with Crippen molar-refractivity contribution in [2.24, 2.45) is 0 Å². The van der Waals surface area contributed by atoms with Crippen LogP contribution in [0.3, 0.4) is 0 Å². The lowest BCUT2D eigenvalue weighted by Gasteiger charge is -2.23. The van der Waals surface area contributed by atoms with Crippen molar-refractivity contribution in [2.45, 2.75) is 167 Å². The Labute approximate surface area is 238 Å². The van der Waals surface area contributed by atoms with Crippen LogP contribution in [-0.4, -0.2) is 57.9 Å². The smallest absolute Gasteiger partial charge is 0.160 e. The second kappa shape index (κ2) is 23.5. The fourth-order valence-electron chi connectivity index (χ4n) is 4.79. The molecule has 0 aliphatic carbocycles. The quantitative estimate of drug-likeness (QED) is 0.0915. The van der Waals surface area contributed by atoms with Crippen molar-refractivity contribution >= 4 is 34.5 Å². The normalized spacial score (nSPS) is 20.2. The van der Waals surface area contributed by atoms with E-state index in [2.05, 4.69) is 13.8 Å². The van der Waals surface area contributed by atoms with Crippen molar-refractivity contribution in [3.8, 4) is 0 Å². The van der Waals surface area contributed by atoms with Crippen LogP contribution in [-0.2, 0) is 14.2 Å². The predicted octanol–water partition coefficient (Wildman–Crippen LogP) is 8.01. The number of rotatable bonds is 24. The molecule has 5 nitrogen and oxygen atoms in total. The van der Waals surface area contributed by atoms with Crippen LogP contribution >= 0.6 is 24.4 Å². The Morgan fingerprint density at radius 1 is 0.730 bits per heavy atom. The van der Waals surface area contributed by atoms with Crippen molar-refractivity contribution in [2.75, 3.05) is 13.2 Å². The summed E-state index contributed by atoms with van der Waals surface area (Å²) in [6, 6.07) is 0. The van der Waals surface area contributed by atoms with E-state index in [-0.39, 0.29) is 13.2 Å². The number of unbranched alkanes of at least 4 members (excludes halogenated alkanes) is 16. The van der Waals surface area contributed by atoms with Crippen LogP contribution in [0.15, 0.2) is 0 Å². The van der Waals surface area contributed by atoms with Crippen molar-refractivity contribution < 1.29 is 24.4 Å². The molecular weight excluding hydrogens is 504 g/mol. The third-order valence-electron chi connectivity index (χ3n) is 7.22. The van der Waals surface area contributed by atoms with Crippen LogP contribution in [0.1, 0.15) is 142 Å². The van der Waals surface area contributed by atoms with E-state index < -0.39 is 24.4 Å². The number of thiocarbonyl (C=S) groups is 2. The molecule has 7 heteroatoms. The van der Waals surface area contributed by atoms with Gasteiger partial charge in [-0.2, -0.15) is 0 Å². The molecule has 1 fully saturated rings. The van der Waals surface area contributed by atoms with Crippen LogP contribution in [0.4, 0.5) is 0 Å². The van der Waals surface area contributed by atoms with E-state index in [1.165, 1.54) is 89.9 Å². The minimum Gasteiger partial charge on any atom is -0.484 e. The van der Waals surface area contributed by atoms with Crippen molar-refractivity contribution in [3.05, 3.63) is 0 Å². The summed E-state index contributed by atoms with van der Waals surface area (Å²) in [5, 5.41) is 22.1. The molecule has 1 rings (SSSR count). The van der Waals surface area contributed by atoms with Crippen LogP contribution in [0.25, 0.3) is 0 Å². The van der Waals surface area contributed by atoms with Crippen molar-refractivity contribution in [1.82, 2.24) is 0 Å². The second-order valence-electron chi connectivity index (χ2n) is 10.7. The molecule has 0 saturated carbocycles. The second-order valence-corrected chi connectivity index (χ2v) is 11.6. The average molecular weight is 561 g/mol. The van der Waals surface area contributed by atoms with E-state index >= 15 is 0 Å². The first-order chi connectivity index (χ1) is 18.0. The lowest BCUT2D eigenvalue weighted by molar-refractivity contribution is -0.0657. The van der Waals surface area contributed by atoms with Gasteiger partial charge in [-0.1, -0.05) is 117 Å². The Morgan fingerprint density at radius 2 is 1.16 bits per heavy atom. The van der Waals surface area contributed by atoms with Crippen molar-refractivity contribution in [1.29, 1.82) is 0 Å². The molecule has 0 aromatic heterocycles. The van der Waals surface area contributed by atoms with Gasteiger partial charge in [0.25, 0.3) is 0 Å². The molecular formula is C30H56O5S2. The average Bonchev–Trinajstić information content (AvgIpc) is 3.25. The summed E-state index contributed by atoms with van der Waals surface area (Å²) in [7, 11) is 0. The molecule has 2 N–H and O–H groups in total. The molecule has 0 aromatic rings. The number of ether oxygens (including phenoxy) is 3. The number of hydrogen-bond acceptors (Lipinski definition) is 7. The molecule has 4 atom stereocenters. The fourth-order valence-corrected chi connectivity index (χ4v) is 5.27. The van der Waals surface area contributed by atoms with Gasteiger partial charge in [0.15, 0.2) is 16.2 Å². The maximum atomic E-state index is 10.6. The summed E-state index contributed by atoms with van der Waals surface area (Å²) in [6.45, 7) is 4.72. The molecule has 1 heterocycles. The first-order valence-corrected chi connectivity index (χ1v) is 16.1. The Bertz CT molecular complexity index is 574. The Hall–Kier alpha value is -0.340. The monoisotopic (exact) mass is 560 g/mol. The third kappa shape index (κ3) is 17.8. The summed E-state index contributed by atoms with van der Waals surface area (Å²) in [4.78, 5) is 0. The number of aliphatic hydroxyl groups excluding tert-OH is 2. The summed E-state index contributed by atoms with van der Waals surface area (Å²) in [5.74, 6) is 0. The molecule has 37 heavy (non-hydrogen) atoms. The topological polar surface area (TPSA) is 68.2 Å². The maximum Gasteiger partial charge on any atom is 0.160 e. The highest BCUT2D eigenvalue weighted by Gasteiger charge is 2.42. The zero-order valence-electron chi connectivity index (χ0n) is 23.8. The molecule has 0 spiro atoms. The van der Waals surface area contributed by atoms with E-state index in [1.54, 1.807) is 0 Å². The standard InChI is InChI=1S/C30H56O5S2/c1-3-5-7-9-11-13-15-17-19-21-27(36)33-23-25(31)30-29(32)26(24-34-30)35-28(37)22-20-18-16-14-12-10-8-6-4-2/h25-26,29-32H,3-24H2,1-2H3/t25-,26+,29+,30+/m0/s1. The summed E-state index contributed by atoms with van der Waals surface area (Å²) in [5.41, 5.74) is 0. The lowest BCUT2D eigenvalue weighted by Crippen LogP contribution is -2.42. The molecule has 1 aliphatic rings. The first kappa shape index (κ1) is 34.7. The van der Waals surface area contributed by atoms with Crippen LogP contribution in [0.2, 0.25) is 0 Å². The minimum absolute atomic E-state index is 0.0214. The van der Waals surface area contributed by atoms with Gasteiger partial charge in [0, 0.05) is 12.8 Å². The van der Waals surface area contributed by atoms with Gasteiger partial charge in [-0.15, -0.1) is 0 Å². The highest BCUT2D eigenvalue weighted by Crippen LogP contribution is 2.22. The van der Waals surface area contributed by atoms with Gasteiger partial charge in [0.05, 0.1) is 6.61 Å². The SMILES string of the molecule is CCCCCCCCCCCC(=S)OC[C@H](O)[C@H]1OC[C@@H](OC(=S)CCCCCCCCCCC)[C@H]1O. The van der Waals surface area contributed by atoms with Gasteiger partial charge >= 0.3 is 0 Å². The zero-order chi connectivity index (χ0) is 27.1. The highest BCUT2D eigenvalue weighted by atomic mass is 32.1. The number of hydrogen-bond donors (Lipinski definition) is 2. The summed E-state index contributed by atoms with van der Waals surface area (Å²) < 4.78 is 17.0. The zero-order valence-corrected chi connectivity index (χ0v) is 25.4. The maximum absolute atomic E-state index is 10.6. The highest BCUT2D eigenvalue weighted by molar-refractivity contribution is 7.80. The molecule has 1 saturated heterocycles. The molecule has 0 bridgehead atoms. The number of aliphatic hydroxyl groups is 2. The van der Waals surface area contributed by atoms with Crippen LogP contribution < -0.4 is 0 Å². The molecule has 0 aromatic carbocycles. The van der Waals surface area contributed by atoms with Gasteiger partial charge in [-0.05, 0) is 37.3 Å². The molecule has 0 amide bonds. The molecule has 0 radical (unpaired) electrons. The van der Waals surface area contributed by atoms with E-state index in [1.807, 2.05) is 0 Å². The fraction of sp³-hybridized carbons (Fsp3) is 0.933. The van der Waals surface area contributed by atoms with Crippen LogP contribution in [0.5, 0.6) is 0 Å². The third-order valence-corrected chi connectivity index (χ3v) is 7.84. The van der Waals surface area contributed by atoms with Gasteiger partial charge in [0.1, 0.15) is 24.9 Å². The van der Waals surface area contributed by atoms with Gasteiger partial charge in [-0.25, -0.2) is 0 Å². The largest absolute Gasteiger partial charge is 0.484 e. The van der Waals surface area contributed by atoms with Gasteiger partial charge in [0.2, 0.25) is 0 Å². The van der Waals surface area contributed by atoms with Crippen molar-refractivity contribution in [3.63, 3.8) is 0 Å². The first-order valence-electron chi connectivity index (χ1n) is 15.3. The van der Waals surface area contributed by atoms with Gasteiger partial charge < -0.3 is 24.4 Å². The molecule has 1 aliphatic heterocycles. The minimum atomic E-state index is -0.962.